The van der Waals surface area contributed by atoms with E-state index in [0.717, 1.165) is 10.6 Å². The Morgan fingerprint density at radius 2 is 2.42 bits per heavy atom. The number of rotatable bonds is 4. The molecule has 8 heteroatoms. The van der Waals surface area contributed by atoms with Crippen molar-refractivity contribution in [1.82, 2.24) is 9.97 Å². The zero-order valence-corrected chi connectivity index (χ0v) is 10.9. The second-order valence-corrected chi connectivity index (χ2v) is 4.60. The molecule has 2 rings (SSSR count). The number of hydrogen-bond donors (Lipinski definition) is 0. The predicted molar refractivity (Wildman–Crippen MR) is 72.8 cm³/mol. The highest BCUT2D eigenvalue weighted by Crippen LogP contribution is 2.29. The number of azide groups is 1. The number of aromatic nitrogens is 2. The van der Waals surface area contributed by atoms with Crippen molar-refractivity contribution < 1.29 is 4.79 Å². The number of carbonyl (C=O) groups excluding carboxylic acids is 1. The van der Waals surface area contributed by atoms with Crippen molar-refractivity contribution in [1.29, 1.82) is 0 Å². The van der Waals surface area contributed by atoms with Crippen LogP contribution < -0.4 is 4.90 Å². The summed E-state index contributed by atoms with van der Waals surface area (Å²) in [5.41, 5.74) is 9.09. The van der Waals surface area contributed by atoms with Crippen LogP contribution in [0.5, 0.6) is 0 Å². The molecular formula is C11H10N6OS. The summed E-state index contributed by atoms with van der Waals surface area (Å²) in [5.74, 6) is -0.279. The van der Waals surface area contributed by atoms with Gasteiger partial charge >= 0.3 is 0 Å². The van der Waals surface area contributed by atoms with Gasteiger partial charge in [-0.25, -0.2) is 4.98 Å². The lowest BCUT2D eigenvalue weighted by molar-refractivity contribution is -0.116. The Kier molecular flexibility index (Phi) is 4.07. The minimum Gasteiger partial charge on any atom is -0.305 e. The highest BCUT2D eigenvalue weighted by molar-refractivity contribution is 7.19. The van der Waals surface area contributed by atoms with Crippen molar-refractivity contribution in [3.05, 3.63) is 41.2 Å². The van der Waals surface area contributed by atoms with E-state index in [-0.39, 0.29) is 12.5 Å². The van der Waals surface area contributed by atoms with Crippen LogP contribution in [0.2, 0.25) is 0 Å². The summed E-state index contributed by atoms with van der Waals surface area (Å²) >= 11 is 1.38. The lowest BCUT2D eigenvalue weighted by Crippen LogP contribution is -2.27. The van der Waals surface area contributed by atoms with Crippen LogP contribution in [-0.4, -0.2) is 29.5 Å². The van der Waals surface area contributed by atoms with Gasteiger partial charge in [-0.15, -0.1) is 0 Å². The zero-order valence-electron chi connectivity index (χ0n) is 10.1. The number of nitrogens with zero attached hydrogens (tertiary/aromatic N) is 6. The SMILES string of the molecule is CN(C(=O)CN=[N+]=[N-])c1cnc(-c2cccnc2)s1. The van der Waals surface area contributed by atoms with Gasteiger partial charge in [-0.05, 0) is 17.7 Å². The summed E-state index contributed by atoms with van der Waals surface area (Å²) in [6, 6.07) is 3.73. The van der Waals surface area contributed by atoms with Gasteiger partial charge in [0.2, 0.25) is 5.91 Å². The van der Waals surface area contributed by atoms with Gasteiger partial charge in [0.15, 0.2) is 0 Å². The molecule has 96 valence electrons. The molecule has 0 spiro atoms. The fraction of sp³-hybridized carbons (Fsp3) is 0.182. The van der Waals surface area contributed by atoms with Gasteiger partial charge in [-0.2, -0.15) is 0 Å². The number of amides is 1. The summed E-state index contributed by atoms with van der Waals surface area (Å²) in [6.45, 7) is -0.201. The standard InChI is InChI=1S/C11H10N6OS/c1-17(9(18)6-15-16-12)10-7-14-11(19-10)8-3-2-4-13-5-8/h2-5,7H,6H2,1H3. The molecule has 19 heavy (non-hydrogen) atoms. The van der Waals surface area contributed by atoms with E-state index in [2.05, 4.69) is 20.0 Å². The normalized spacial score (nSPS) is 9.74. The monoisotopic (exact) mass is 274 g/mol. The van der Waals surface area contributed by atoms with Gasteiger partial charge < -0.3 is 4.90 Å². The van der Waals surface area contributed by atoms with Crippen molar-refractivity contribution in [2.75, 3.05) is 18.5 Å². The molecule has 0 unspecified atom stereocenters. The maximum Gasteiger partial charge on any atom is 0.233 e. The lowest BCUT2D eigenvalue weighted by Gasteiger charge is -2.12. The first-order valence-electron chi connectivity index (χ1n) is 5.36. The van der Waals surface area contributed by atoms with Crippen LogP contribution in [0.3, 0.4) is 0 Å². The third-order valence-corrected chi connectivity index (χ3v) is 3.50. The van der Waals surface area contributed by atoms with E-state index in [9.17, 15) is 4.79 Å². The Morgan fingerprint density at radius 3 is 3.11 bits per heavy atom. The molecule has 0 N–H and O–H groups in total. The Bertz CT molecular complexity index is 619. The van der Waals surface area contributed by atoms with Crippen molar-refractivity contribution in [3.63, 3.8) is 0 Å². The Balaban J connectivity index is 2.17. The van der Waals surface area contributed by atoms with E-state index >= 15 is 0 Å². The topological polar surface area (TPSA) is 94.9 Å². The summed E-state index contributed by atoms with van der Waals surface area (Å²) in [7, 11) is 1.62. The van der Waals surface area contributed by atoms with E-state index in [1.807, 2.05) is 12.1 Å². The first kappa shape index (κ1) is 13.0. The second kappa shape index (κ2) is 5.94. The van der Waals surface area contributed by atoms with Gasteiger partial charge in [-0.1, -0.05) is 16.5 Å². The Hall–Kier alpha value is -2.44. The van der Waals surface area contributed by atoms with E-state index < -0.39 is 0 Å². The smallest absolute Gasteiger partial charge is 0.233 e. The first-order valence-corrected chi connectivity index (χ1v) is 6.17. The highest BCUT2D eigenvalue weighted by Gasteiger charge is 2.13. The van der Waals surface area contributed by atoms with Crippen LogP contribution >= 0.6 is 11.3 Å². The molecule has 0 aliphatic carbocycles. The maximum atomic E-state index is 11.7. The summed E-state index contributed by atoms with van der Waals surface area (Å²) < 4.78 is 0. The summed E-state index contributed by atoms with van der Waals surface area (Å²) in [6.07, 6.45) is 5.01. The molecule has 7 nitrogen and oxygen atoms in total. The number of anilines is 1. The minimum atomic E-state index is -0.279. The molecule has 0 bridgehead atoms. The van der Waals surface area contributed by atoms with Crippen LogP contribution in [-0.2, 0) is 4.79 Å². The average Bonchev–Trinajstić information content (AvgIpc) is 2.94. The van der Waals surface area contributed by atoms with Gasteiger partial charge in [0.1, 0.15) is 16.6 Å². The molecule has 0 aliphatic heterocycles. The Morgan fingerprint density at radius 1 is 1.58 bits per heavy atom. The van der Waals surface area contributed by atoms with Gasteiger partial charge in [0.05, 0.1) is 6.20 Å². The molecule has 2 aromatic heterocycles. The summed E-state index contributed by atoms with van der Waals surface area (Å²) in [5, 5.41) is 4.72. The van der Waals surface area contributed by atoms with Crippen molar-refractivity contribution >= 4 is 22.2 Å². The fourth-order valence-corrected chi connectivity index (χ4v) is 2.25. The third-order valence-electron chi connectivity index (χ3n) is 2.38. The molecule has 2 heterocycles. The van der Waals surface area contributed by atoms with Gasteiger partial charge in [0.25, 0.3) is 0 Å². The van der Waals surface area contributed by atoms with Gasteiger partial charge in [-0.3, -0.25) is 9.78 Å². The molecule has 0 fully saturated rings. The zero-order chi connectivity index (χ0) is 13.7. The van der Waals surface area contributed by atoms with E-state index in [4.69, 9.17) is 5.53 Å². The van der Waals surface area contributed by atoms with Crippen molar-refractivity contribution in [2.24, 2.45) is 5.11 Å². The predicted octanol–water partition coefficient (Wildman–Crippen LogP) is 2.48. The minimum absolute atomic E-state index is 0.201. The van der Waals surface area contributed by atoms with E-state index in [1.165, 1.54) is 16.2 Å². The molecule has 0 aromatic carbocycles. The maximum absolute atomic E-state index is 11.7. The van der Waals surface area contributed by atoms with Gasteiger partial charge in [0, 0.05) is 29.9 Å². The van der Waals surface area contributed by atoms with E-state index in [0.29, 0.717) is 5.00 Å². The van der Waals surface area contributed by atoms with Crippen LogP contribution in [0.1, 0.15) is 0 Å². The van der Waals surface area contributed by atoms with E-state index in [1.54, 1.807) is 25.6 Å². The number of likely N-dealkylation sites (N-methyl/N-ethyl adjacent to an activating group) is 1. The molecule has 0 atom stereocenters. The molecular weight excluding hydrogens is 264 g/mol. The average molecular weight is 274 g/mol. The molecule has 2 aromatic rings. The largest absolute Gasteiger partial charge is 0.305 e. The van der Waals surface area contributed by atoms with Crippen LogP contribution in [0.4, 0.5) is 5.00 Å². The lowest BCUT2D eigenvalue weighted by atomic mass is 10.3. The van der Waals surface area contributed by atoms with Crippen LogP contribution in [0.25, 0.3) is 21.0 Å². The van der Waals surface area contributed by atoms with Crippen LogP contribution in [0, 0.1) is 0 Å². The Labute approximate surface area is 113 Å². The third kappa shape index (κ3) is 3.06. The summed E-state index contributed by atoms with van der Waals surface area (Å²) in [4.78, 5) is 23.9. The molecule has 0 aliphatic rings. The molecule has 0 saturated carbocycles. The fourth-order valence-electron chi connectivity index (χ4n) is 1.36. The number of carbonyl (C=O) groups is 1. The number of pyridine rings is 1. The quantitative estimate of drug-likeness (QED) is 0.486. The van der Waals surface area contributed by atoms with Crippen molar-refractivity contribution in [2.45, 2.75) is 0 Å². The highest BCUT2D eigenvalue weighted by atomic mass is 32.1. The first-order chi connectivity index (χ1) is 9.22. The number of hydrogen-bond acceptors (Lipinski definition) is 5. The van der Waals surface area contributed by atoms with Crippen molar-refractivity contribution in [3.8, 4) is 10.6 Å². The molecule has 1 amide bonds. The number of thiazole rings is 1. The molecule has 0 saturated heterocycles. The van der Waals surface area contributed by atoms with Crippen LogP contribution in [0.15, 0.2) is 35.8 Å². The molecule has 0 radical (unpaired) electrons. The second-order valence-electron chi connectivity index (χ2n) is 3.59.